The van der Waals surface area contributed by atoms with Crippen LogP contribution in [0, 0.1) is 0 Å². The van der Waals surface area contributed by atoms with Crippen molar-refractivity contribution in [3.8, 4) is 11.5 Å². The summed E-state index contributed by atoms with van der Waals surface area (Å²) in [5.74, 6) is 0.691. The number of pyridine rings is 1. The summed E-state index contributed by atoms with van der Waals surface area (Å²) < 4.78 is 7.41. The zero-order valence-corrected chi connectivity index (χ0v) is 18.6. The predicted molar refractivity (Wildman–Crippen MR) is 126 cm³/mol. The molecule has 1 N–H and O–H groups in total. The molecule has 1 fully saturated rings. The van der Waals surface area contributed by atoms with Gasteiger partial charge in [0.2, 0.25) is 0 Å². The third-order valence-corrected chi connectivity index (χ3v) is 7.00. The number of rotatable bonds is 4. The lowest BCUT2D eigenvalue weighted by Crippen LogP contribution is -2.33. The maximum atomic E-state index is 11.1. The molecule has 0 radical (unpaired) electrons. The molecule has 0 atom stereocenters. The molecule has 0 aliphatic carbocycles. The van der Waals surface area contributed by atoms with Crippen LogP contribution in [0.1, 0.15) is 18.4 Å². The maximum Gasteiger partial charge on any atom is 0.187 e. The van der Waals surface area contributed by atoms with E-state index in [4.69, 9.17) is 4.74 Å². The second kappa shape index (κ2) is 8.22. The molecule has 5 aromatic rings. The Kier molecular flexibility index (Phi) is 5.05. The van der Waals surface area contributed by atoms with Crippen LogP contribution in [0.3, 0.4) is 0 Å². The maximum absolute atomic E-state index is 11.1. The summed E-state index contributed by atoms with van der Waals surface area (Å²) in [6.07, 6.45) is 4.72. The molecule has 7 nitrogen and oxygen atoms in total. The lowest BCUT2D eigenvalue weighted by molar-refractivity contribution is -0.0680. The molecule has 0 bridgehead atoms. The number of aliphatic hydroxyl groups is 1. The Labute approximate surface area is 194 Å². The number of aromatic nitrogens is 5. The minimum Gasteiger partial charge on any atom is -0.385 e. The molecular formula is C25H21N5O2S. The van der Waals surface area contributed by atoms with Crippen LogP contribution in [0.2, 0.25) is 0 Å². The fourth-order valence-electron chi connectivity index (χ4n) is 4.25. The molecule has 2 aromatic carbocycles. The van der Waals surface area contributed by atoms with Gasteiger partial charge in [-0.3, -0.25) is 14.4 Å². The Morgan fingerprint density at radius 3 is 2.64 bits per heavy atom. The fourth-order valence-corrected chi connectivity index (χ4v) is 5.16. The highest BCUT2D eigenvalue weighted by Gasteiger charge is 2.31. The molecule has 1 saturated heterocycles. The summed E-state index contributed by atoms with van der Waals surface area (Å²) in [6.45, 7) is 1.17. The van der Waals surface area contributed by atoms with E-state index in [0.29, 0.717) is 37.5 Å². The summed E-state index contributed by atoms with van der Waals surface area (Å²) in [5, 5.41) is 19.7. The zero-order valence-electron chi connectivity index (χ0n) is 17.8. The molecule has 0 spiro atoms. The summed E-state index contributed by atoms with van der Waals surface area (Å²) in [6, 6.07) is 20.1. The second-order valence-electron chi connectivity index (χ2n) is 8.11. The molecule has 1 aliphatic heterocycles. The van der Waals surface area contributed by atoms with Gasteiger partial charge in [-0.15, -0.1) is 10.2 Å². The highest BCUT2D eigenvalue weighted by atomic mass is 32.2. The zero-order chi connectivity index (χ0) is 22.3. The van der Waals surface area contributed by atoms with Gasteiger partial charge in [-0.2, -0.15) is 0 Å². The first kappa shape index (κ1) is 20.3. The first-order valence-electron chi connectivity index (χ1n) is 10.8. The molecule has 164 valence electrons. The summed E-state index contributed by atoms with van der Waals surface area (Å²) in [5.41, 5.74) is 3.35. The largest absolute Gasteiger partial charge is 0.385 e. The van der Waals surface area contributed by atoms with Crippen LogP contribution in [0.25, 0.3) is 28.2 Å². The van der Waals surface area contributed by atoms with E-state index in [1.54, 1.807) is 24.2 Å². The molecule has 4 heterocycles. The Morgan fingerprint density at radius 1 is 0.909 bits per heavy atom. The van der Waals surface area contributed by atoms with Crippen molar-refractivity contribution < 1.29 is 9.84 Å². The quantitative estimate of drug-likeness (QED) is 0.427. The molecule has 0 unspecified atom stereocenters. The van der Waals surface area contributed by atoms with E-state index in [0.717, 1.165) is 32.1 Å². The Morgan fingerprint density at radius 2 is 1.79 bits per heavy atom. The van der Waals surface area contributed by atoms with E-state index in [2.05, 4.69) is 44.4 Å². The number of ether oxygens (including phenoxy) is 1. The summed E-state index contributed by atoms with van der Waals surface area (Å²) in [7, 11) is 0. The molecular weight excluding hydrogens is 434 g/mol. The average Bonchev–Trinajstić information content (AvgIpc) is 3.30. The summed E-state index contributed by atoms with van der Waals surface area (Å²) in [4.78, 5) is 11.2. The smallest absolute Gasteiger partial charge is 0.187 e. The van der Waals surface area contributed by atoms with Gasteiger partial charge in [-0.1, -0.05) is 30.0 Å². The van der Waals surface area contributed by atoms with E-state index in [9.17, 15) is 5.11 Å². The van der Waals surface area contributed by atoms with Crippen LogP contribution in [-0.4, -0.2) is 42.9 Å². The SMILES string of the molecule is OC1(c2cccc(Sc3ccc4c(c3)ncc3nnc(-c5ccccn5)n34)c2)CCOCC1. The number of nitrogens with zero attached hydrogens (tertiary/aromatic N) is 5. The van der Waals surface area contributed by atoms with Crippen molar-refractivity contribution in [1.29, 1.82) is 0 Å². The first-order valence-corrected chi connectivity index (χ1v) is 11.7. The Bertz CT molecular complexity index is 1450. The number of hydrogen-bond acceptors (Lipinski definition) is 7. The standard InChI is InChI=1S/C25H21N5O2S/c31-25(9-12-32-13-10-25)17-4-3-5-18(14-17)33-19-7-8-22-21(15-19)27-16-23-28-29-24(30(22)23)20-6-1-2-11-26-20/h1-8,11,14-16,31H,9-10,12-13H2. The topological polar surface area (TPSA) is 85.4 Å². The fraction of sp³-hybridized carbons (Fsp3) is 0.200. The Hall–Kier alpha value is -3.33. The van der Waals surface area contributed by atoms with Crippen molar-refractivity contribution in [1.82, 2.24) is 24.6 Å². The van der Waals surface area contributed by atoms with Crippen LogP contribution < -0.4 is 0 Å². The van der Waals surface area contributed by atoms with Crippen molar-refractivity contribution in [2.24, 2.45) is 0 Å². The van der Waals surface area contributed by atoms with E-state index in [1.165, 1.54) is 0 Å². The summed E-state index contributed by atoms with van der Waals surface area (Å²) >= 11 is 1.65. The molecule has 1 aliphatic rings. The van der Waals surface area contributed by atoms with Crippen LogP contribution in [0.15, 0.2) is 82.8 Å². The van der Waals surface area contributed by atoms with Gasteiger partial charge in [0, 0.05) is 42.0 Å². The molecule has 33 heavy (non-hydrogen) atoms. The van der Waals surface area contributed by atoms with Gasteiger partial charge >= 0.3 is 0 Å². The number of benzene rings is 2. The van der Waals surface area contributed by atoms with Crippen molar-refractivity contribution in [3.05, 3.63) is 78.6 Å². The third-order valence-electron chi connectivity index (χ3n) is 6.02. The van der Waals surface area contributed by atoms with E-state index in [1.807, 2.05) is 40.8 Å². The monoisotopic (exact) mass is 455 g/mol. The third kappa shape index (κ3) is 3.76. The highest BCUT2D eigenvalue weighted by Crippen LogP contribution is 2.36. The van der Waals surface area contributed by atoms with Crippen molar-refractivity contribution in [3.63, 3.8) is 0 Å². The lowest BCUT2D eigenvalue weighted by Gasteiger charge is -2.32. The first-order chi connectivity index (χ1) is 16.2. The molecule has 0 amide bonds. The van der Waals surface area contributed by atoms with Gasteiger partial charge in [-0.25, -0.2) is 0 Å². The Balaban J connectivity index is 1.35. The van der Waals surface area contributed by atoms with Gasteiger partial charge in [0.25, 0.3) is 0 Å². The molecule has 6 rings (SSSR count). The van der Waals surface area contributed by atoms with Gasteiger partial charge < -0.3 is 9.84 Å². The second-order valence-corrected chi connectivity index (χ2v) is 9.26. The van der Waals surface area contributed by atoms with Gasteiger partial charge in [0.05, 0.1) is 22.8 Å². The van der Waals surface area contributed by atoms with E-state index >= 15 is 0 Å². The van der Waals surface area contributed by atoms with Crippen LogP contribution in [-0.2, 0) is 10.3 Å². The normalized spacial score (nSPS) is 15.8. The van der Waals surface area contributed by atoms with Crippen molar-refractivity contribution in [2.75, 3.05) is 13.2 Å². The molecule has 0 saturated carbocycles. The minimum atomic E-state index is -0.818. The molecule has 3 aromatic heterocycles. The minimum absolute atomic E-state index is 0.586. The van der Waals surface area contributed by atoms with Crippen molar-refractivity contribution >= 4 is 28.4 Å². The van der Waals surface area contributed by atoms with Gasteiger partial charge in [-0.05, 0) is 48.0 Å². The van der Waals surface area contributed by atoms with E-state index < -0.39 is 5.60 Å². The van der Waals surface area contributed by atoms with Gasteiger partial charge in [0.15, 0.2) is 11.5 Å². The van der Waals surface area contributed by atoms with Gasteiger partial charge in [0.1, 0.15) is 5.69 Å². The van der Waals surface area contributed by atoms with Crippen LogP contribution >= 0.6 is 11.8 Å². The molecule has 8 heteroatoms. The average molecular weight is 456 g/mol. The van der Waals surface area contributed by atoms with E-state index in [-0.39, 0.29) is 0 Å². The van der Waals surface area contributed by atoms with Crippen LogP contribution in [0.5, 0.6) is 0 Å². The van der Waals surface area contributed by atoms with Crippen molar-refractivity contribution in [2.45, 2.75) is 28.2 Å². The lowest BCUT2D eigenvalue weighted by atomic mass is 9.87. The predicted octanol–water partition coefficient (Wildman–Crippen LogP) is 4.49. The van der Waals surface area contributed by atoms with Crippen LogP contribution in [0.4, 0.5) is 0 Å². The highest BCUT2D eigenvalue weighted by molar-refractivity contribution is 7.99. The number of fused-ring (bicyclic) bond motifs is 3. The number of hydrogen-bond donors (Lipinski definition) is 1.